The highest BCUT2D eigenvalue weighted by atomic mass is 19.1. The zero-order valence-electron chi connectivity index (χ0n) is 12.9. The van der Waals surface area contributed by atoms with Gasteiger partial charge in [0.25, 0.3) is 0 Å². The third-order valence-corrected chi connectivity index (χ3v) is 3.71. The predicted octanol–water partition coefficient (Wildman–Crippen LogP) is 4.59. The molecule has 2 nitrogen and oxygen atoms in total. The van der Waals surface area contributed by atoms with Crippen molar-refractivity contribution in [1.29, 1.82) is 0 Å². The van der Waals surface area contributed by atoms with Gasteiger partial charge in [0.1, 0.15) is 5.82 Å². The van der Waals surface area contributed by atoms with Gasteiger partial charge in [-0.3, -0.25) is 4.98 Å². The van der Waals surface area contributed by atoms with Crippen molar-refractivity contribution in [3.05, 3.63) is 65.2 Å². The Labute approximate surface area is 126 Å². The van der Waals surface area contributed by atoms with E-state index < -0.39 is 0 Å². The van der Waals surface area contributed by atoms with Crippen molar-refractivity contribution in [3.63, 3.8) is 0 Å². The number of nitrogens with one attached hydrogen (secondary N) is 1. The molecular weight excluding hydrogens is 263 g/mol. The van der Waals surface area contributed by atoms with E-state index in [0.717, 1.165) is 18.7 Å². The molecule has 112 valence electrons. The van der Waals surface area contributed by atoms with Crippen LogP contribution in [0, 0.1) is 5.82 Å². The van der Waals surface area contributed by atoms with E-state index in [0.29, 0.717) is 5.92 Å². The first-order chi connectivity index (χ1) is 10.1. The van der Waals surface area contributed by atoms with Crippen molar-refractivity contribution >= 4 is 0 Å². The van der Waals surface area contributed by atoms with Crippen LogP contribution in [0.5, 0.6) is 0 Å². The monoisotopic (exact) mass is 286 g/mol. The molecule has 1 N–H and O–H groups in total. The lowest BCUT2D eigenvalue weighted by molar-refractivity contribution is 0.504. The Kier molecular flexibility index (Phi) is 5.45. The highest BCUT2D eigenvalue weighted by Crippen LogP contribution is 2.17. The van der Waals surface area contributed by atoms with Gasteiger partial charge < -0.3 is 5.32 Å². The minimum absolute atomic E-state index is 0.148. The molecule has 2 rings (SSSR count). The van der Waals surface area contributed by atoms with E-state index in [1.165, 1.54) is 23.4 Å². The Morgan fingerprint density at radius 1 is 1.10 bits per heavy atom. The van der Waals surface area contributed by atoms with Crippen molar-refractivity contribution in [2.45, 2.75) is 45.7 Å². The molecule has 0 aliphatic carbocycles. The van der Waals surface area contributed by atoms with Crippen molar-refractivity contribution in [1.82, 2.24) is 10.3 Å². The summed E-state index contributed by atoms with van der Waals surface area (Å²) >= 11 is 0. The van der Waals surface area contributed by atoms with Crippen molar-refractivity contribution in [2.75, 3.05) is 0 Å². The molecule has 0 bridgehead atoms. The number of rotatable bonds is 6. The summed E-state index contributed by atoms with van der Waals surface area (Å²) in [5.41, 5.74) is 3.49. The topological polar surface area (TPSA) is 24.9 Å². The van der Waals surface area contributed by atoms with Crippen molar-refractivity contribution in [3.8, 4) is 0 Å². The zero-order valence-corrected chi connectivity index (χ0v) is 12.9. The van der Waals surface area contributed by atoms with Crippen LogP contribution in [-0.4, -0.2) is 4.98 Å². The van der Waals surface area contributed by atoms with Gasteiger partial charge in [-0.25, -0.2) is 4.39 Å². The number of halogens is 1. The van der Waals surface area contributed by atoms with Crippen molar-refractivity contribution in [2.24, 2.45) is 0 Å². The molecule has 1 unspecified atom stereocenters. The number of hydrogen-bond donors (Lipinski definition) is 1. The molecule has 2 aromatic rings. The summed E-state index contributed by atoms with van der Waals surface area (Å²) in [6.07, 6.45) is 2.19. The summed E-state index contributed by atoms with van der Waals surface area (Å²) in [6.45, 7) is 7.28. The number of hydrogen-bond acceptors (Lipinski definition) is 2. The second-order valence-corrected chi connectivity index (χ2v) is 5.64. The van der Waals surface area contributed by atoms with Crippen LogP contribution in [0.15, 0.2) is 42.6 Å². The summed E-state index contributed by atoms with van der Waals surface area (Å²) in [5.74, 6) is 0.261. The minimum Gasteiger partial charge on any atom is -0.305 e. The largest absolute Gasteiger partial charge is 0.305 e. The summed E-state index contributed by atoms with van der Waals surface area (Å²) in [6, 6.07) is 12.0. The van der Waals surface area contributed by atoms with E-state index in [2.05, 4.69) is 55.3 Å². The maximum absolute atomic E-state index is 12.9. The van der Waals surface area contributed by atoms with Gasteiger partial charge in [-0.1, -0.05) is 45.0 Å². The van der Waals surface area contributed by atoms with Crippen LogP contribution in [-0.2, 0) is 6.54 Å². The Hall–Kier alpha value is -1.74. The summed E-state index contributed by atoms with van der Waals surface area (Å²) < 4.78 is 12.9. The molecule has 0 saturated heterocycles. The van der Waals surface area contributed by atoms with E-state index in [4.69, 9.17) is 0 Å². The SMILES string of the molecule is CCC(NCc1ccc(C(C)C)cc1)c1ccc(F)cn1. The van der Waals surface area contributed by atoms with Crippen LogP contribution in [0.25, 0.3) is 0 Å². The number of benzene rings is 1. The van der Waals surface area contributed by atoms with Gasteiger partial charge in [0.05, 0.1) is 11.9 Å². The molecule has 1 heterocycles. The number of pyridine rings is 1. The average molecular weight is 286 g/mol. The maximum atomic E-state index is 12.9. The van der Waals surface area contributed by atoms with Gasteiger partial charge in [-0.05, 0) is 35.6 Å². The summed E-state index contributed by atoms with van der Waals surface area (Å²) in [4.78, 5) is 4.16. The number of aromatic nitrogens is 1. The first-order valence-electron chi connectivity index (χ1n) is 7.53. The molecule has 0 saturated carbocycles. The molecule has 0 aliphatic rings. The van der Waals surface area contributed by atoms with Crippen LogP contribution >= 0.6 is 0 Å². The number of nitrogens with zero attached hydrogens (tertiary/aromatic N) is 1. The normalized spacial score (nSPS) is 12.6. The molecule has 1 aromatic carbocycles. The van der Waals surface area contributed by atoms with Gasteiger partial charge in [0.15, 0.2) is 0 Å². The van der Waals surface area contributed by atoms with Crippen LogP contribution in [0.4, 0.5) is 4.39 Å². The van der Waals surface area contributed by atoms with Crippen LogP contribution in [0.1, 0.15) is 56.0 Å². The van der Waals surface area contributed by atoms with Crippen molar-refractivity contribution < 1.29 is 4.39 Å². The lowest BCUT2D eigenvalue weighted by atomic mass is 10.0. The Bertz CT molecular complexity index is 546. The minimum atomic E-state index is -0.294. The molecule has 0 amide bonds. The molecule has 0 aliphatic heterocycles. The standard InChI is InChI=1S/C18H23FN2/c1-4-17(18-10-9-16(19)12-21-18)20-11-14-5-7-15(8-6-14)13(2)3/h5-10,12-13,17,20H,4,11H2,1-3H3. The van der Waals surface area contributed by atoms with E-state index in [1.54, 1.807) is 6.07 Å². The summed E-state index contributed by atoms with van der Waals surface area (Å²) in [7, 11) is 0. The Morgan fingerprint density at radius 3 is 2.33 bits per heavy atom. The predicted molar refractivity (Wildman–Crippen MR) is 84.6 cm³/mol. The van der Waals surface area contributed by atoms with Crippen LogP contribution in [0.3, 0.4) is 0 Å². The fraction of sp³-hybridized carbons (Fsp3) is 0.389. The van der Waals surface area contributed by atoms with Gasteiger partial charge in [0, 0.05) is 12.6 Å². The van der Waals surface area contributed by atoms with Gasteiger partial charge in [-0.2, -0.15) is 0 Å². The Morgan fingerprint density at radius 2 is 1.81 bits per heavy atom. The smallest absolute Gasteiger partial charge is 0.141 e. The van der Waals surface area contributed by atoms with Crippen LogP contribution in [0.2, 0.25) is 0 Å². The molecule has 21 heavy (non-hydrogen) atoms. The first kappa shape index (κ1) is 15.6. The average Bonchev–Trinajstić information content (AvgIpc) is 2.50. The quantitative estimate of drug-likeness (QED) is 0.840. The van der Waals surface area contributed by atoms with Crippen LogP contribution < -0.4 is 5.32 Å². The molecule has 3 heteroatoms. The van der Waals surface area contributed by atoms with Gasteiger partial charge in [0.2, 0.25) is 0 Å². The fourth-order valence-corrected chi connectivity index (χ4v) is 2.31. The maximum Gasteiger partial charge on any atom is 0.141 e. The fourth-order valence-electron chi connectivity index (χ4n) is 2.31. The Balaban J connectivity index is 1.98. The summed E-state index contributed by atoms with van der Waals surface area (Å²) in [5, 5.41) is 3.49. The lowest BCUT2D eigenvalue weighted by Crippen LogP contribution is -2.21. The third kappa shape index (κ3) is 4.36. The van der Waals surface area contributed by atoms with Gasteiger partial charge >= 0.3 is 0 Å². The second kappa shape index (κ2) is 7.32. The molecule has 0 radical (unpaired) electrons. The van der Waals surface area contributed by atoms with E-state index >= 15 is 0 Å². The van der Waals surface area contributed by atoms with E-state index in [1.807, 2.05) is 0 Å². The molecular formula is C18H23FN2. The highest BCUT2D eigenvalue weighted by molar-refractivity contribution is 5.24. The molecule has 0 fully saturated rings. The zero-order chi connectivity index (χ0) is 15.2. The third-order valence-electron chi connectivity index (χ3n) is 3.71. The van der Waals surface area contributed by atoms with E-state index in [-0.39, 0.29) is 11.9 Å². The van der Waals surface area contributed by atoms with E-state index in [9.17, 15) is 4.39 Å². The lowest BCUT2D eigenvalue weighted by Gasteiger charge is -2.17. The molecule has 1 aromatic heterocycles. The van der Waals surface area contributed by atoms with Gasteiger partial charge in [-0.15, -0.1) is 0 Å². The second-order valence-electron chi connectivity index (χ2n) is 5.64. The first-order valence-corrected chi connectivity index (χ1v) is 7.53. The highest BCUT2D eigenvalue weighted by Gasteiger charge is 2.10. The molecule has 1 atom stereocenters. The molecule has 0 spiro atoms.